The Morgan fingerprint density at radius 2 is 2.29 bits per heavy atom. The van der Waals surface area contributed by atoms with Gasteiger partial charge in [0.2, 0.25) is 5.69 Å². The van der Waals surface area contributed by atoms with E-state index in [1.54, 1.807) is 19.1 Å². The second kappa shape index (κ2) is 5.57. The maximum atomic E-state index is 11.7. The predicted octanol–water partition coefficient (Wildman–Crippen LogP) is 3.40. The number of pyridine rings is 1. The van der Waals surface area contributed by atoms with Gasteiger partial charge >= 0.3 is 5.97 Å². The Bertz CT molecular complexity index is 961. The van der Waals surface area contributed by atoms with Crippen LogP contribution >= 0.6 is 22.9 Å². The van der Waals surface area contributed by atoms with E-state index in [1.165, 1.54) is 17.7 Å². The molecule has 1 aliphatic rings. The smallest absolute Gasteiger partial charge is 0.346 e. The molecule has 0 amide bonds. The van der Waals surface area contributed by atoms with Crippen molar-refractivity contribution in [1.29, 1.82) is 0 Å². The number of thiophene rings is 1. The highest BCUT2D eigenvalue weighted by molar-refractivity contribution is 7.17. The van der Waals surface area contributed by atoms with Crippen LogP contribution in [0, 0.1) is 12.1 Å². The van der Waals surface area contributed by atoms with Crippen molar-refractivity contribution in [1.82, 2.24) is 4.37 Å². The van der Waals surface area contributed by atoms with Crippen LogP contribution in [0.1, 0.15) is 26.5 Å². The Morgan fingerprint density at radius 1 is 1.46 bits per heavy atom. The summed E-state index contributed by atoms with van der Waals surface area (Å²) < 4.78 is 10.9. The molecular weight excluding hydrogens is 348 g/mol. The van der Waals surface area contributed by atoms with Crippen LogP contribution in [-0.4, -0.2) is 15.4 Å². The standard InChI is InChI=1S/C16H12N2O4S2/c1-8-11(3-2-6-18(8)21)22-16-12-10(14(23-16)15(19)20)5-4-9-7-17-24-13(9)12/h2-3,6-7H,4-5H2,1H3,(H,19,20). The van der Waals surface area contributed by atoms with Gasteiger partial charge in [0, 0.05) is 19.2 Å². The average Bonchev–Trinajstić information content (AvgIpc) is 3.15. The van der Waals surface area contributed by atoms with E-state index in [0.717, 1.165) is 44.1 Å². The molecule has 0 aromatic carbocycles. The van der Waals surface area contributed by atoms with Gasteiger partial charge in [0.15, 0.2) is 17.0 Å². The van der Waals surface area contributed by atoms with Gasteiger partial charge in [-0.15, -0.1) is 0 Å². The molecule has 3 aromatic heterocycles. The van der Waals surface area contributed by atoms with Gasteiger partial charge in [-0.05, 0) is 41.6 Å². The van der Waals surface area contributed by atoms with E-state index in [9.17, 15) is 15.1 Å². The van der Waals surface area contributed by atoms with Crippen molar-refractivity contribution in [3.63, 3.8) is 0 Å². The molecular formula is C16H12N2O4S2. The lowest BCUT2D eigenvalue weighted by molar-refractivity contribution is -0.612. The molecule has 0 saturated carbocycles. The Kier molecular flexibility index (Phi) is 3.50. The number of hydrogen-bond donors (Lipinski definition) is 1. The minimum absolute atomic E-state index is 0.294. The molecule has 0 saturated heterocycles. The Hall–Kier alpha value is -2.45. The molecule has 0 bridgehead atoms. The maximum Gasteiger partial charge on any atom is 0.346 e. The van der Waals surface area contributed by atoms with E-state index >= 15 is 0 Å². The first-order valence-electron chi connectivity index (χ1n) is 7.25. The summed E-state index contributed by atoms with van der Waals surface area (Å²) in [7, 11) is 0. The minimum Gasteiger partial charge on any atom is -0.618 e. The fraction of sp³-hybridized carbons (Fsp3) is 0.188. The highest BCUT2D eigenvalue weighted by atomic mass is 32.1. The van der Waals surface area contributed by atoms with E-state index < -0.39 is 5.97 Å². The van der Waals surface area contributed by atoms with E-state index in [2.05, 4.69) is 4.37 Å². The number of carbonyl (C=O) groups is 1. The van der Waals surface area contributed by atoms with Crippen molar-refractivity contribution >= 4 is 28.8 Å². The molecule has 4 rings (SSSR count). The number of nitrogens with zero attached hydrogens (tertiary/aromatic N) is 2. The van der Waals surface area contributed by atoms with Crippen LogP contribution in [0.5, 0.6) is 10.8 Å². The van der Waals surface area contributed by atoms with Crippen molar-refractivity contribution < 1.29 is 19.4 Å². The molecule has 0 unspecified atom stereocenters. The van der Waals surface area contributed by atoms with Crippen LogP contribution in [0.15, 0.2) is 24.5 Å². The molecule has 8 heteroatoms. The van der Waals surface area contributed by atoms with Crippen molar-refractivity contribution in [2.24, 2.45) is 0 Å². The molecule has 3 aromatic rings. The predicted molar refractivity (Wildman–Crippen MR) is 90.0 cm³/mol. The summed E-state index contributed by atoms with van der Waals surface area (Å²) in [4.78, 5) is 12.8. The zero-order chi connectivity index (χ0) is 16.8. The number of fused-ring (bicyclic) bond motifs is 3. The minimum atomic E-state index is -0.956. The van der Waals surface area contributed by atoms with Crippen molar-refractivity contribution in [2.75, 3.05) is 0 Å². The normalized spacial score (nSPS) is 12.5. The Labute approximate surface area is 145 Å². The van der Waals surface area contributed by atoms with Gasteiger partial charge in [-0.3, -0.25) is 0 Å². The van der Waals surface area contributed by atoms with Crippen molar-refractivity contribution in [3.8, 4) is 21.3 Å². The highest BCUT2D eigenvalue weighted by Crippen LogP contribution is 2.50. The topological polar surface area (TPSA) is 86.4 Å². The fourth-order valence-corrected chi connectivity index (χ4v) is 4.80. The summed E-state index contributed by atoms with van der Waals surface area (Å²) in [5, 5.41) is 21.7. The summed E-state index contributed by atoms with van der Waals surface area (Å²) >= 11 is 2.45. The largest absolute Gasteiger partial charge is 0.618 e. The lowest BCUT2D eigenvalue weighted by Crippen LogP contribution is -2.29. The molecule has 0 spiro atoms. The van der Waals surface area contributed by atoms with E-state index in [4.69, 9.17) is 4.74 Å². The lowest BCUT2D eigenvalue weighted by atomic mass is 9.93. The summed E-state index contributed by atoms with van der Waals surface area (Å²) in [6.07, 6.45) is 4.65. The number of aromatic carboxylic acids is 1. The maximum absolute atomic E-state index is 11.7. The molecule has 24 heavy (non-hydrogen) atoms. The van der Waals surface area contributed by atoms with Crippen molar-refractivity contribution in [3.05, 3.63) is 51.4 Å². The first kappa shape index (κ1) is 15.1. The quantitative estimate of drug-likeness (QED) is 0.571. The van der Waals surface area contributed by atoms with E-state index in [-0.39, 0.29) is 0 Å². The molecule has 0 radical (unpaired) electrons. The average molecular weight is 360 g/mol. The van der Waals surface area contributed by atoms with E-state index in [1.807, 2.05) is 6.20 Å². The summed E-state index contributed by atoms with van der Waals surface area (Å²) in [6.45, 7) is 1.67. The molecule has 0 fully saturated rings. The third-order valence-electron chi connectivity index (χ3n) is 4.04. The van der Waals surface area contributed by atoms with Gasteiger partial charge in [-0.25, -0.2) is 9.17 Å². The number of carboxylic acids is 1. The second-order valence-corrected chi connectivity index (χ2v) is 7.23. The van der Waals surface area contributed by atoms with Crippen molar-refractivity contribution in [2.45, 2.75) is 19.8 Å². The van der Waals surface area contributed by atoms with Gasteiger partial charge in [0.25, 0.3) is 0 Å². The van der Waals surface area contributed by atoms with Crippen LogP contribution < -0.4 is 9.47 Å². The van der Waals surface area contributed by atoms with Crippen LogP contribution in [0.2, 0.25) is 0 Å². The molecule has 0 aliphatic heterocycles. The van der Waals surface area contributed by atoms with Gasteiger partial charge in [-0.2, -0.15) is 4.73 Å². The fourth-order valence-electron chi connectivity index (χ4n) is 2.82. The molecule has 122 valence electrons. The summed E-state index contributed by atoms with van der Waals surface area (Å²) in [6, 6.07) is 3.30. The lowest BCUT2D eigenvalue weighted by Gasteiger charge is -2.14. The first-order chi connectivity index (χ1) is 11.6. The van der Waals surface area contributed by atoms with Gasteiger partial charge in [-0.1, -0.05) is 11.3 Å². The van der Waals surface area contributed by atoms with Crippen LogP contribution in [0.25, 0.3) is 10.4 Å². The molecule has 6 nitrogen and oxygen atoms in total. The highest BCUT2D eigenvalue weighted by Gasteiger charge is 2.31. The van der Waals surface area contributed by atoms with Gasteiger partial charge in [0.1, 0.15) is 4.88 Å². The Balaban J connectivity index is 1.88. The number of aryl methyl sites for hydroxylation is 1. The van der Waals surface area contributed by atoms with Gasteiger partial charge < -0.3 is 15.1 Å². The zero-order valence-corrected chi connectivity index (χ0v) is 14.2. The van der Waals surface area contributed by atoms with Crippen LogP contribution in [0.3, 0.4) is 0 Å². The summed E-state index contributed by atoms with van der Waals surface area (Å²) in [5.41, 5.74) is 3.14. The van der Waals surface area contributed by atoms with Crippen LogP contribution in [-0.2, 0) is 12.8 Å². The third kappa shape index (κ3) is 2.26. The monoisotopic (exact) mass is 360 g/mol. The molecule has 1 aliphatic carbocycles. The molecule has 0 atom stereocenters. The number of aromatic nitrogens is 2. The van der Waals surface area contributed by atoms with Crippen LogP contribution in [0.4, 0.5) is 0 Å². The third-order valence-corrected chi connectivity index (χ3v) is 6.00. The SMILES string of the molecule is Cc1c(Oc2sc(C(=O)O)c3c2-c2sncc2CC3)ccc[n+]1[O-]. The second-order valence-electron chi connectivity index (χ2n) is 5.44. The molecule has 3 heterocycles. The number of rotatable bonds is 3. The number of carboxylic acid groups (broad SMARTS) is 1. The molecule has 1 N–H and O–H groups in total. The zero-order valence-electron chi connectivity index (χ0n) is 12.6. The Morgan fingerprint density at radius 3 is 3.08 bits per heavy atom. The number of hydrogen-bond acceptors (Lipinski definition) is 6. The van der Waals surface area contributed by atoms with Gasteiger partial charge in [0.05, 0.1) is 10.4 Å². The number of ether oxygens (including phenoxy) is 1. The summed E-state index contributed by atoms with van der Waals surface area (Å²) in [5.74, 6) is -0.534. The first-order valence-corrected chi connectivity index (χ1v) is 8.84. The van der Waals surface area contributed by atoms with E-state index in [0.29, 0.717) is 27.8 Å².